The number of alkyl halides is 3. The zero-order chi connectivity index (χ0) is 10.7. The van der Waals surface area contributed by atoms with Crippen LogP contribution in [-0.4, -0.2) is 11.3 Å². The number of hydrogen-bond acceptors (Lipinski definition) is 2. The smallest absolute Gasteiger partial charge is 0.280 e. The predicted molar refractivity (Wildman–Crippen MR) is 54.9 cm³/mol. The van der Waals surface area contributed by atoms with Crippen LogP contribution in [0.25, 0.3) is 0 Å². The second-order valence-electron chi connectivity index (χ2n) is 2.46. The highest BCUT2D eigenvalue weighted by molar-refractivity contribution is 9.10. The van der Waals surface area contributed by atoms with E-state index in [0.717, 1.165) is 0 Å². The van der Waals surface area contributed by atoms with Crippen LogP contribution in [0, 0.1) is 0 Å². The summed E-state index contributed by atoms with van der Waals surface area (Å²) in [5.74, 6) is 0. The molecule has 14 heavy (non-hydrogen) atoms. The summed E-state index contributed by atoms with van der Waals surface area (Å²) < 4.78 is 24.8. The maximum atomic E-state index is 12.3. The molecule has 1 rings (SSSR count). The lowest BCUT2D eigenvalue weighted by Gasteiger charge is -2.06. The first kappa shape index (κ1) is 11.7. The Morgan fingerprint density at radius 2 is 2.21 bits per heavy atom. The molecule has 6 heteroatoms. The van der Waals surface area contributed by atoms with Gasteiger partial charge in [-0.15, -0.1) is 0 Å². The van der Waals surface area contributed by atoms with E-state index in [-0.39, 0.29) is 10.3 Å². The first-order chi connectivity index (χ1) is 6.60. The van der Waals surface area contributed by atoms with Crippen molar-refractivity contribution in [2.45, 2.75) is 11.8 Å². The quantitative estimate of drug-likeness (QED) is 0.483. The van der Waals surface area contributed by atoms with E-state index < -0.39 is 6.43 Å². The molecule has 2 nitrogen and oxygen atoms in total. The van der Waals surface area contributed by atoms with Gasteiger partial charge in [-0.25, -0.2) is 13.8 Å². The molecule has 1 aromatic rings. The predicted octanol–water partition coefficient (Wildman–Crippen LogP) is 3.49. The van der Waals surface area contributed by atoms with Crippen LogP contribution in [0.4, 0.5) is 8.78 Å². The zero-order valence-corrected chi connectivity index (χ0v) is 9.98. The Bertz CT molecular complexity index is 357. The van der Waals surface area contributed by atoms with E-state index in [1.54, 1.807) is 0 Å². The largest absolute Gasteiger partial charge is 0.298 e. The van der Waals surface area contributed by atoms with Crippen LogP contribution in [0.1, 0.15) is 28.0 Å². The number of aldehydes is 1. The number of rotatable bonds is 3. The van der Waals surface area contributed by atoms with Crippen molar-refractivity contribution in [1.29, 1.82) is 0 Å². The van der Waals surface area contributed by atoms with Crippen LogP contribution < -0.4 is 0 Å². The Labute approximate surface area is 96.0 Å². The summed E-state index contributed by atoms with van der Waals surface area (Å²) >= 11 is 6.08. The van der Waals surface area contributed by atoms with Gasteiger partial charge in [0.25, 0.3) is 6.43 Å². The van der Waals surface area contributed by atoms with Crippen LogP contribution in [0.5, 0.6) is 0 Å². The van der Waals surface area contributed by atoms with Crippen LogP contribution in [0.2, 0.25) is 0 Å². The fourth-order valence-corrected chi connectivity index (χ4v) is 1.96. The maximum absolute atomic E-state index is 12.3. The molecule has 0 aliphatic heterocycles. The Balaban J connectivity index is 3.31. The third kappa shape index (κ3) is 2.36. The summed E-state index contributed by atoms with van der Waals surface area (Å²) in [6.07, 6.45) is -2.05. The van der Waals surface area contributed by atoms with Crippen molar-refractivity contribution in [2.24, 2.45) is 0 Å². The van der Waals surface area contributed by atoms with Crippen LogP contribution in [0.15, 0.2) is 10.7 Å². The molecule has 0 saturated carbocycles. The summed E-state index contributed by atoms with van der Waals surface area (Å²) in [4.78, 5) is 14.2. The Morgan fingerprint density at radius 3 is 2.64 bits per heavy atom. The van der Waals surface area contributed by atoms with Gasteiger partial charge in [-0.05, 0) is 27.6 Å². The van der Waals surface area contributed by atoms with E-state index in [9.17, 15) is 13.6 Å². The van der Waals surface area contributed by atoms with E-state index in [1.807, 2.05) is 0 Å². The number of pyridine rings is 1. The van der Waals surface area contributed by atoms with Gasteiger partial charge < -0.3 is 0 Å². The van der Waals surface area contributed by atoms with Crippen molar-refractivity contribution >= 4 is 38.1 Å². The van der Waals surface area contributed by atoms with Gasteiger partial charge in [0, 0.05) is 5.33 Å². The molecular formula is C8H5Br2F2NO. The molecule has 0 aromatic carbocycles. The van der Waals surface area contributed by atoms with Crippen molar-refractivity contribution in [1.82, 2.24) is 4.98 Å². The first-order valence-corrected chi connectivity index (χ1v) is 5.50. The maximum Gasteiger partial charge on any atom is 0.280 e. The van der Waals surface area contributed by atoms with Crippen molar-refractivity contribution in [3.63, 3.8) is 0 Å². The lowest BCUT2D eigenvalue weighted by molar-refractivity contribution is 0.112. The molecule has 1 heterocycles. The molecule has 0 aliphatic rings. The minimum Gasteiger partial charge on any atom is -0.298 e. The van der Waals surface area contributed by atoms with Gasteiger partial charge in [0.05, 0.1) is 5.56 Å². The lowest BCUT2D eigenvalue weighted by atomic mass is 10.1. The van der Waals surface area contributed by atoms with E-state index in [2.05, 4.69) is 36.8 Å². The topological polar surface area (TPSA) is 30.0 Å². The van der Waals surface area contributed by atoms with Crippen molar-refractivity contribution in [3.8, 4) is 0 Å². The molecule has 0 saturated heterocycles. The number of carbonyl (C=O) groups excluding carboxylic acids is 1. The van der Waals surface area contributed by atoms with Gasteiger partial charge in [-0.1, -0.05) is 15.9 Å². The molecule has 0 fully saturated rings. The third-order valence-electron chi connectivity index (χ3n) is 1.60. The average molecular weight is 329 g/mol. The number of carbonyl (C=O) groups is 1. The summed E-state index contributed by atoms with van der Waals surface area (Å²) in [7, 11) is 0. The molecule has 0 unspecified atom stereocenters. The van der Waals surface area contributed by atoms with Gasteiger partial charge in [-0.2, -0.15) is 0 Å². The van der Waals surface area contributed by atoms with Crippen LogP contribution in [0.3, 0.4) is 0 Å². The van der Waals surface area contributed by atoms with Gasteiger partial charge >= 0.3 is 0 Å². The van der Waals surface area contributed by atoms with Gasteiger partial charge in [-0.3, -0.25) is 4.79 Å². The number of halogens is 4. The summed E-state index contributed by atoms with van der Waals surface area (Å²) in [5.41, 5.74) is 0.459. The fourth-order valence-electron chi connectivity index (χ4n) is 0.941. The molecule has 0 aliphatic carbocycles. The SMILES string of the molecule is O=Cc1c(CBr)cc(C(F)F)nc1Br. The average Bonchev–Trinajstić information content (AvgIpc) is 2.16. The number of nitrogens with zero attached hydrogens (tertiary/aromatic N) is 1. The molecule has 76 valence electrons. The van der Waals surface area contributed by atoms with Crippen molar-refractivity contribution in [2.75, 3.05) is 0 Å². The third-order valence-corrected chi connectivity index (χ3v) is 2.81. The van der Waals surface area contributed by atoms with E-state index in [1.165, 1.54) is 6.07 Å². The molecule has 0 spiro atoms. The van der Waals surface area contributed by atoms with E-state index in [4.69, 9.17) is 0 Å². The Morgan fingerprint density at radius 1 is 1.57 bits per heavy atom. The van der Waals surface area contributed by atoms with Crippen LogP contribution >= 0.6 is 31.9 Å². The fraction of sp³-hybridized carbons (Fsp3) is 0.250. The Kier molecular flexibility index (Phi) is 4.12. The van der Waals surface area contributed by atoms with Gasteiger partial charge in [0.1, 0.15) is 10.3 Å². The first-order valence-electron chi connectivity index (χ1n) is 3.58. The van der Waals surface area contributed by atoms with Gasteiger partial charge in [0.2, 0.25) is 0 Å². The lowest BCUT2D eigenvalue weighted by Crippen LogP contribution is -1.99. The minimum atomic E-state index is -2.63. The van der Waals surface area contributed by atoms with Crippen molar-refractivity contribution < 1.29 is 13.6 Å². The highest BCUT2D eigenvalue weighted by atomic mass is 79.9. The molecule has 0 amide bonds. The molecule has 1 aromatic heterocycles. The molecule has 0 N–H and O–H groups in total. The Hall–Kier alpha value is -0.360. The number of aromatic nitrogens is 1. The molecule has 0 radical (unpaired) electrons. The summed E-state index contributed by atoms with van der Waals surface area (Å²) in [6.45, 7) is 0. The second kappa shape index (κ2) is 4.93. The monoisotopic (exact) mass is 327 g/mol. The van der Waals surface area contributed by atoms with Gasteiger partial charge in [0.15, 0.2) is 6.29 Å². The minimum absolute atomic E-state index is 0.153. The number of hydrogen-bond donors (Lipinski definition) is 0. The van der Waals surface area contributed by atoms with E-state index >= 15 is 0 Å². The van der Waals surface area contributed by atoms with Crippen LogP contribution in [-0.2, 0) is 5.33 Å². The highest BCUT2D eigenvalue weighted by Gasteiger charge is 2.15. The normalized spacial score (nSPS) is 10.6. The molecule has 0 atom stereocenters. The summed E-state index contributed by atoms with van der Waals surface area (Å²) in [5, 5.41) is 0.335. The second-order valence-corrected chi connectivity index (χ2v) is 3.77. The van der Waals surface area contributed by atoms with E-state index in [0.29, 0.717) is 22.7 Å². The standard InChI is InChI=1S/C8H5Br2F2NO/c9-2-4-1-6(8(11)12)13-7(10)5(4)3-14/h1,3,8H,2H2. The highest BCUT2D eigenvalue weighted by Crippen LogP contribution is 2.25. The molecule has 0 bridgehead atoms. The van der Waals surface area contributed by atoms with Crippen molar-refractivity contribution in [3.05, 3.63) is 27.5 Å². The molecular weight excluding hydrogens is 324 g/mol. The summed E-state index contributed by atoms with van der Waals surface area (Å²) in [6, 6.07) is 1.22. The zero-order valence-electron chi connectivity index (χ0n) is 6.81.